The molecule has 0 N–H and O–H groups in total. The second-order valence-electron chi connectivity index (χ2n) is 5.67. The van der Waals surface area contributed by atoms with Crippen LogP contribution in [0.1, 0.15) is 11.1 Å². The van der Waals surface area contributed by atoms with Gasteiger partial charge in [0, 0.05) is 5.56 Å². The quantitative estimate of drug-likeness (QED) is 0.726. The minimum absolute atomic E-state index is 0.242. The van der Waals surface area contributed by atoms with Crippen LogP contribution in [-0.4, -0.2) is 16.3 Å². The van der Waals surface area contributed by atoms with Gasteiger partial charge in [0.25, 0.3) is 0 Å². The highest BCUT2D eigenvalue weighted by atomic mass is 16.7. The molecule has 114 valence electrons. The molecule has 0 fully saturated rings. The highest BCUT2D eigenvalue weighted by molar-refractivity contribution is 5.82. The second kappa shape index (κ2) is 5.03. The maximum Gasteiger partial charge on any atom is 0.231 e. The number of aromatic nitrogens is 2. The number of aryl methyl sites for hydroxylation is 2. The number of nitrogens with zero attached hydrogens (tertiary/aromatic N) is 3. The molecule has 0 saturated heterocycles. The Hall–Kier alpha value is -3.00. The molecule has 0 unspecified atom stereocenters. The van der Waals surface area contributed by atoms with Crippen LogP contribution in [0.2, 0.25) is 0 Å². The summed E-state index contributed by atoms with van der Waals surface area (Å²) < 4.78 is 12.7. The number of benzene rings is 2. The van der Waals surface area contributed by atoms with Crippen LogP contribution in [0.3, 0.4) is 0 Å². The summed E-state index contributed by atoms with van der Waals surface area (Å²) in [4.78, 5) is 4.74. The lowest BCUT2D eigenvalue weighted by atomic mass is 10.1. The number of rotatable bonds is 2. The first kappa shape index (κ1) is 13.6. The molecule has 5 nitrogen and oxygen atoms in total. The Kier molecular flexibility index (Phi) is 2.98. The minimum atomic E-state index is 0.242. The number of imidazole rings is 1. The second-order valence-corrected chi connectivity index (χ2v) is 5.67. The van der Waals surface area contributed by atoms with Crippen molar-refractivity contribution in [2.75, 3.05) is 6.79 Å². The third-order valence-electron chi connectivity index (χ3n) is 4.22. The zero-order valence-corrected chi connectivity index (χ0v) is 13.0. The lowest BCUT2D eigenvalue weighted by Crippen LogP contribution is -1.99. The van der Waals surface area contributed by atoms with E-state index in [2.05, 4.69) is 32.0 Å². The molecule has 5 heteroatoms. The van der Waals surface area contributed by atoms with E-state index in [0.717, 1.165) is 28.2 Å². The molecule has 0 aliphatic carbocycles. The van der Waals surface area contributed by atoms with Crippen LogP contribution in [0.5, 0.6) is 11.5 Å². The Morgan fingerprint density at radius 2 is 1.91 bits per heavy atom. The molecule has 2 aromatic carbocycles. The minimum Gasteiger partial charge on any atom is -0.454 e. The zero-order valence-electron chi connectivity index (χ0n) is 13.0. The van der Waals surface area contributed by atoms with Crippen molar-refractivity contribution in [1.82, 2.24) is 9.55 Å². The maximum atomic E-state index is 9.20. The van der Waals surface area contributed by atoms with Gasteiger partial charge in [-0.05, 0) is 55.3 Å². The van der Waals surface area contributed by atoms with Crippen LogP contribution in [0.25, 0.3) is 22.4 Å². The third kappa shape index (κ3) is 2.11. The van der Waals surface area contributed by atoms with E-state index in [9.17, 15) is 5.26 Å². The van der Waals surface area contributed by atoms with Crippen LogP contribution in [-0.2, 0) is 6.54 Å². The van der Waals surface area contributed by atoms with Crippen molar-refractivity contribution < 1.29 is 9.47 Å². The summed E-state index contributed by atoms with van der Waals surface area (Å²) in [6.45, 7) is 4.63. The molecule has 0 spiro atoms. The lowest BCUT2D eigenvalue weighted by Gasteiger charge is -2.06. The van der Waals surface area contributed by atoms with Crippen molar-refractivity contribution in [3.8, 4) is 29.0 Å². The normalized spacial score (nSPS) is 12.6. The van der Waals surface area contributed by atoms with Gasteiger partial charge < -0.3 is 14.0 Å². The Labute approximate surface area is 133 Å². The van der Waals surface area contributed by atoms with E-state index < -0.39 is 0 Å². The van der Waals surface area contributed by atoms with Crippen molar-refractivity contribution in [2.24, 2.45) is 0 Å². The molecular weight excluding hydrogens is 290 g/mol. The molecule has 0 saturated carbocycles. The smallest absolute Gasteiger partial charge is 0.231 e. The molecule has 2 heterocycles. The first-order chi connectivity index (χ1) is 11.2. The monoisotopic (exact) mass is 305 g/mol. The molecule has 3 aromatic rings. The summed E-state index contributed by atoms with van der Waals surface area (Å²) in [7, 11) is 0. The lowest BCUT2D eigenvalue weighted by molar-refractivity contribution is 0.174. The van der Waals surface area contributed by atoms with Crippen LogP contribution in [0.4, 0.5) is 0 Å². The Bertz CT molecular complexity index is 967. The predicted octanol–water partition coefficient (Wildman–Crippen LogP) is 3.57. The summed E-state index contributed by atoms with van der Waals surface area (Å²) in [6.07, 6.45) is 0. The fourth-order valence-corrected chi connectivity index (χ4v) is 2.87. The molecule has 0 bridgehead atoms. The van der Waals surface area contributed by atoms with Gasteiger partial charge in [0.05, 0.1) is 17.1 Å². The van der Waals surface area contributed by atoms with Gasteiger partial charge in [0.15, 0.2) is 11.5 Å². The molecule has 4 rings (SSSR count). The van der Waals surface area contributed by atoms with Crippen LogP contribution < -0.4 is 9.47 Å². The van der Waals surface area contributed by atoms with Crippen LogP contribution in [0, 0.1) is 25.2 Å². The average Bonchev–Trinajstić information content (AvgIpc) is 3.13. The zero-order chi connectivity index (χ0) is 16.0. The van der Waals surface area contributed by atoms with E-state index in [-0.39, 0.29) is 13.3 Å². The SMILES string of the molecule is Cc1cc2nc(-c3ccc4c(c3)OCO4)n(CC#N)c2cc1C. The largest absolute Gasteiger partial charge is 0.454 e. The van der Waals surface area contributed by atoms with Crippen molar-refractivity contribution in [2.45, 2.75) is 20.4 Å². The van der Waals surface area contributed by atoms with Gasteiger partial charge in [-0.15, -0.1) is 0 Å². The van der Waals surface area contributed by atoms with E-state index in [1.165, 1.54) is 11.1 Å². The standard InChI is InChI=1S/C18H15N3O2/c1-11-7-14-15(8-12(11)2)21(6-5-19)18(20-14)13-3-4-16-17(9-13)23-10-22-16/h3-4,7-9H,6,10H2,1-2H3. The van der Waals surface area contributed by atoms with E-state index >= 15 is 0 Å². The molecule has 0 atom stereocenters. The van der Waals surface area contributed by atoms with Crippen molar-refractivity contribution in [3.63, 3.8) is 0 Å². The van der Waals surface area contributed by atoms with Gasteiger partial charge in [-0.1, -0.05) is 0 Å². The Balaban J connectivity index is 1.95. The van der Waals surface area contributed by atoms with Crippen LogP contribution in [0.15, 0.2) is 30.3 Å². The topological polar surface area (TPSA) is 60.1 Å². The number of hydrogen-bond acceptors (Lipinski definition) is 4. The fourth-order valence-electron chi connectivity index (χ4n) is 2.87. The summed E-state index contributed by atoms with van der Waals surface area (Å²) in [5.41, 5.74) is 5.17. The Morgan fingerprint density at radius 1 is 1.13 bits per heavy atom. The van der Waals surface area contributed by atoms with Gasteiger partial charge in [0.2, 0.25) is 6.79 Å². The number of hydrogen-bond donors (Lipinski definition) is 0. The van der Waals surface area contributed by atoms with Crippen molar-refractivity contribution >= 4 is 11.0 Å². The highest BCUT2D eigenvalue weighted by Gasteiger charge is 2.18. The van der Waals surface area contributed by atoms with Gasteiger partial charge in [0.1, 0.15) is 12.4 Å². The average molecular weight is 305 g/mol. The molecule has 1 aromatic heterocycles. The van der Waals surface area contributed by atoms with Gasteiger partial charge in [-0.3, -0.25) is 0 Å². The molecule has 1 aliphatic rings. The Morgan fingerprint density at radius 3 is 2.74 bits per heavy atom. The summed E-state index contributed by atoms with van der Waals surface area (Å²) in [5, 5.41) is 9.20. The predicted molar refractivity (Wildman–Crippen MR) is 86.4 cm³/mol. The summed E-state index contributed by atoms with van der Waals surface area (Å²) >= 11 is 0. The molecular formula is C18H15N3O2. The molecule has 0 radical (unpaired) electrons. The highest BCUT2D eigenvalue weighted by Crippen LogP contribution is 2.36. The van der Waals surface area contributed by atoms with Gasteiger partial charge >= 0.3 is 0 Å². The number of nitriles is 1. The third-order valence-corrected chi connectivity index (χ3v) is 4.22. The maximum absolute atomic E-state index is 9.20. The van der Waals surface area contributed by atoms with Crippen molar-refractivity contribution in [1.29, 1.82) is 5.26 Å². The molecule has 1 aliphatic heterocycles. The van der Waals surface area contributed by atoms with E-state index in [4.69, 9.17) is 14.5 Å². The van der Waals surface area contributed by atoms with E-state index in [0.29, 0.717) is 5.75 Å². The summed E-state index contributed by atoms with van der Waals surface area (Å²) in [6, 6.07) is 12.1. The summed E-state index contributed by atoms with van der Waals surface area (Å²) in [5.74, 6) is 2.22. The number of fused-ring (bicyclic) bond motifs is 2. The first-order valence-corrected chi connectivity index (χ1v) is 7.42. The van der Waals surface area contributed by atoms with Crippen LogP contribution >= 0.6 is 0 Å². The number of ether oxygens (including phenoxy) is 2. The van der Waals surface area contributed by atoms with E-state index in [1.54, 1.807) is 0 Å². The van der Waals surface area contributed by atoms with Gasteiger partial charge in [-0.25, -0.2) is 4.98 Å². The van der Waals surface area contributed by atoms with E-state index in [1.807, 2.05) is 22.8 Å². The van der Waals surface area contributed by atoms with Gasteiger partial charge in [-0.2, -0.15) is 5.26 Å². The van der Waals surface area contributed by atoms with Crippen molar-refractivity contribution in [3.05, 3.63) is 41.5 Å². The first-order valence-electron chi connectivity index (χ1n) is 7.42. The molecule has 23 heavy (non-hydrogen) atoms. The fraction of sp³-hybridized carbons (Fsp3) is 0.222. The molecule has 0 amide bonds.